The molecule has 0 atom stereocenters. The van der Waals surface area contributed by atoms with E-state index in [1.807, 2.05) is 0 Å². The monoisotopic (exact) mass is 261 g/mol. The van der Waals surface area contributed by atoms with Crippen molar-refractivity contribution < 1.29 is 4.74 Å². The minimum atomic E-state index is 0.805. The topological polar surface area (TPSA) is 21.3 Å². The summed E-state index contributed by atoms with van der Waals surface area (Å²) in [4.78, 5) is 0. The van der Waals surface area contributed by atoms with Crippen molar-refractivity contribution in [3.05, 3.63) is 29.8 Å². The van der Waals surface area contributed by atoms with Crippen LogP contribution in [0.15, 0.2) is 24.3 Å². The molecule has 1 aliphatic carbocycles. The number of nitrogens with one attached hydrogen (secondary N) is 1. The number of hydrogen-bond acceptors (Lipinski definition) is 2. The smallest absolute Gasteiger partial charge is 0.119 e. The van der Waals surface area contributed by atoms with Crippen molar-refractivity contribution in [2.45, 2.75) is 52.0 Å². The molecule has 106 valence electrons. The summed E-state index contributed by atoms with van der Waals surface area (Å²) >= 11 is 0. The number of benzene rings is 1. The Labute approximate surface area is 117 Å². The lowest BCUT2D eigenvalue weighted by atomic mass is 9.89. The molecule has 1 fully saturated rings. The van der Waals surface area contributed by atoms with Gasteiger partial charge in [-0.2, -0.15) is 0 Å². The molecular formula is C17H27NO. The summed E-state index contributed by atoms with van der Waals surface area (Å²) in [5, 5.41) is 3.59. The Morgan fingerprint density at radius 2 is 1.84 bits per heavy atom. The summed E-state index contributed by atoms with van der Waals surface area (Å²) in [6.07, 6.45) is 8.18. The van der Waals surface area contributed by atoms with E-state index in [0.717, 1.165) is 31.2 Å². The Balaban J connectivity index is 1.67. The fourth-order valence-electron chi connectivity index (χ4n) is 2.74. The van der Waals surface area contributed by atoms with Gasteiger partial charge in [0.1, 0.15) is 5.75 Å². The van der Waals surface area contributed by atoms with E-state index in [-0.39, 0.29) is 0 Å². The molecule has 0 bridgehead atoms. The van der Waals surface area contributed by atoms with E-state index in [4.69, 9.17) is 4.74 Å². The van der Waals surface area contributed by atoms with Crippen LogP contribution >= 0.6 is 0 Å². The van der Waals surface area contributed by atoms with Crippen molar-refractivity contribution >= 4 is 0 Å². The van der Waals surface area contributed by atoms with Crippen LogP contribution in [-0.2, 0) is 6.54 Å². The fraction of sp³-hybridized carbons (Fsp3) is 0.647. The second kappa shape index (κ2) is 8.21. The first-order chi connectivity index (χ1) is 9.38. The zero-order chi connectivity index (χ0) is 13.3. The van der Waals surface area contributed by atoms with Crippen molar-refractivity contribution in [2.75, 3.05) is 13.2 Å². The minimum absolute atomic E-state index is 0.805. The van der Waals surface area contributed by atoms with Crippen LogP contribution in [0.1, 0.15) is 51.0 Å². The van der Waals surface area contributed by atoms with Gasteiger partial charge in [-0.3, -0.25) is 0 Å². The predicted molar refractivity (Wildman–Crippen MR) is 80.5 cm³/mol. The Kier molecular flexibility index (Phi) is 6.22. The van der Waals surface area contributed by atoms with Gasteiger partial charge in [-0.15, -0.1) is 0 Å². The lowest BCUT2D eigenvalue weighted by Gasteiger charge is -2.21. The van der Waals surface area contributed by atoms with Gasteiger partial charge < -0.3 is 10.1 Å². The Morgan fingerprint density at radius 1 is 1.11 bits per heavy atom. The van der Waals surface area contributed by atoms with E-state index in [9.17, 15) is 0 Å². The molecule has 0 aliphatic heterocycles. The van der Waals surface area contributed by atoms with Crippen LogP contribution < -0.4 is 10.1 Å². The highest BCUT2D eigenvalue weighted by atomic mass is 16.5. The fourth-order valence-corrected chi connectivity index (χ4v) is 2.74. The van der Waals surface area contributed by atoms with Crippen molar-refractivity contribution in [1.29, 1.82) is 0 Å². The molecule has 0 aromatic heterocycles. The largest absolute Gasteiger partial charge is 0.494 e. The van der Waals surface area contributed by atoms with E-state index in [0.29, 0.717) is 0 Å². The summed E-state index contributed by atoms with van der Waals surface area (Å²) in [6.45, 7) is 5.08. The lowest BCUT2D eigenvalue weighted by Crippen LogP contribution is -2.24. The number of rotatable bonds is 7. The highest BCUT2D eigenvalue weighted by molar-refractivity contribution is 5.27. The zero-order valence-corrected chi connectivity index (χ0v) is 12.2. The summed E-state index contributed by atoms with van der Waals surface area (Å²) in [6, 6.07) is 8.48. The van der Waals surface area contributed by atoms with Crippen LogP contribution in [0.4, 0.5) is 0 Å². The van der Waals surface area contributed by atoms with Crippen molar-refractivity contribution in [3.8, 4) is 5.75 Å². The highest BCUT2D eigenvalue weighted by Gasteiger charge is 2.12. The Morgan fingerprint density at radius 3 is 2.53 bits per heavy atom. The first-order valence-corrected chi connectivity index (χ1v) is 7.81. The maximum atomic E-state index is 5.59. The molecular weight excluding hydrogens is 234 g/mol. The zero-order valence-electron chi connectivity index (χ0n) is 12.2. The van der Waals surface area contributed by atoms with Gasteiger partial charge >= 0.3 is 0 Å². The average molecular weight is 261 g/mol. The maximum Gasteiger partial charge on any atom is 0.119 e. The van der Waals surface area contributed by atoms with Gasteiger partial charge in [-0.25, -0.2) is 0 Å². The molecule has 0 radical (unpaired) electrons. The van der Waals surface area contributed by atoms with Crippen LogP contribution in [-0.4, -0.2) is 13.2 Å². The third-order valence-electron chi connectivity index (χ3n) is 3.88. The van der Waals surface area contributed by atoms with E-state index >= 15 is 0 Å². The van der Waals surface area contributed by atoms with Gasteiger partial charge in [0, 0.05) is 6.54 Å². The van der Waals surface area contributed by atoms with Gasteiger partial charge in [-0.05, 0) is 49.4 Å². The molecule has 0 unspecified atom stereocenters. The molecule has 0 saturated heterocycles. The SMILES string of the molecule is CCCOc1ccc(CNCC2CCCCC2)cc1. The first-order valence-electron chi connectivity index (χ1n) is 7.81. The molecule has 1 N–H and O–H groups in total. The molecule has 0 spiro atoms. The van der Waals surface area contributed by atoms with Gasteiger partial charge in [0.05, 0.1) is 6.61 Å². The molecule has 1 aromatic carbocycles. The van der Waals surface area contributed by atoms with Gasteiger partial charge in [0.15, 0.2) is 0 Å². The van der Waals surface area contributed by atoms with Gasteiger partial charge in [0.25, 0.3) is 0 Å². The van der Waals surface area contributed by atoms with Gasteiger partial charge in [0.2, 0.25) is 0 Å². The highest BCUT2D eigenvalue weighted by Crippen LogP contribution is 2.22. The Hall–Kier alpha value is -1.02. The summed E-state index contributed by atoms with van der Waals surface area (Å²) < 4.78 is 5.59. The van der Waals surface area contributed by atoms with E-state index in [1.54, 1.807) is 0 Å². The predicted octanol–water partition coefficient (Wildman–Crippen LogP) is 4.15. The molecule has 19 heavy (non-hydrogen) atoms. The van der Waals surface area contributed by atoms with Crippen molar-refractivity contribution in [2.24, 2.45) is 5.92 Å². The van der Waals surface area contributed by atoms with E-state index < -0.39 is 0 Å². The Bertz CT molecular complexity index is 341. The quantitative estimate of drug-likeness (QED) is 0.796. The number of ether oxygens (including phenoxy) is 1. The number of hydrogen-bond donors (Lipinski definition) is 1. The minimum Gasteiger partial charge on any atom is -0.494 e. The molecule has 1 aliphatic rings. The second-order valence-electron chi connectivity index (χ2n) is 5.63. The standard InChI is InChI=1S/C17H27NO/c1-2-12-19-17-10-8-16(9-11-17)14-18-13-15-6-4-3-5-7-15/h8-11,15,18H,2-7,12-14H2,1H3. The van der Waals surface area contributed by atoms with Crippen molar-refractivity contribution in [3.63, 3.8) is 0 Å². The van der Waals surface area contributed by atoms with E-state index in [2.05, 4.69) is 36.5 Å². The van der Waals surface area contributed by atoms with E-state index in [1.165, 1.54) is 44.2 Å². The summed E-state index contributed by atoms with van der Waals surface area (Å²) in [5.74, 6) is 1.89. The normalized spacial score (nSPS) is 16.5. The molecule has 2 nitrogen and oxygen atoms in total. The second-order valence-corrected chi connectivity index (χ2v) is 5.63. The molecule has 2 heteroatoms. The molecule has 1 saturated carbocycles. The van der Waals surface area contributed by atoms with Gasteiger partial charge in [-0.1, -0.05) is 38.3 Å². The third-order valence-corrected chi connectivity index (χ3v) is 3.88. The van der Waals surface area contributed by atoms with Crippen molar-refractivity contribution in [1.82, 2.24) is 5.32 Å². The lowest BCUT2D eigenvalue weighted by molar-refractivity contribution is 0.317. The van der Waals surface area contributed by atoms with Crippen LogP contribution in [0, 0.1) is 5.92 Å². The molecule has 0 heterocycles. The summed E-state index contributed by atoms with van der Waals surface area (Å²) in [7, 11) is 0. The average Bonchev–Trinajstić information content (AvgIpc) is 2.47. The molecule has 1 aromatic rings. The van der Waals surface area contributed by atoms with Crippen LogP contribution in [0.25, 0.3) is 0 Å². The van der Waals surface area contributed by atoms with Crippen LogP contribution in [0.2, 0.25) is 0 Å². The first kappa shape index (κ1) is 14.4. The summed E-state index contributed by atoms with van der Waals surface area (Å²) in [5.41, 5.74) is 1.35. The third kappa shape index (κ3) is 5.23. The molecule has 2 rings (SSSR count). The maximum absolute atomic E-state index is 5.59. The molecule has 0 amide bonds. The van der Waals surface area contributed by atoms with Crippen LogP contribution in [0.3, 0.4) is 0 Å². The van der Waals surface area contributed by atoms with Crippen LogP contribution in [0.5, 0.6) is 5.75 Å².